The summed E-state index contributed by atoms with van der Waals surface area (Å²) in [6.45, 7) is 4.17. The van der Waals surface area contributed by atoms with Crippen LogP contribution in [0, 0.1) is 0 Å². The minimum atomic E-state index is -0.259. The van der Waals surface area contributed by atoms with Gasteiger partial charge in [0.25, 0.3) is 0 Å². The van der Waals surface area contributed by atoms with Crippen LogP contribution in [-0.2, 0) is 5.54 Å². The molecule has 19 heavy (non-hydrogen) atoms. The smallest absolute Gasteiger partial charge is 0.146 e. The third kappa shape index (κ3) is 2.42. The van der Waals surface area contributed by atoms with E-state index in [0.717, 1.165) is 21.9 Å². The Kier molecular flexibility index (Phi) is 2.91. The molecule has 0 bridgehead atoms. The van der Waals surface area contributed by atoms with Gasteiger partial charge in [-0.2, -0.15) is 0 Å². The third-order valence-electron chi connectivity index (χ3n) is 2.86. The van der Waals surface area contributed by atoms with Crippen molar-refractivity contribution in [1.82, 2.24) is 15.0 Å². The maximum absolute atomic E-state index is 4.57. The summed E-state index contributed by atoms with van der Waals surface area (Å²) < 4.78 is 0. The van der Waals surface area contributed by atoms with Crippen LogP contribution in [0.4, 0.5) is 5.82 Å². The SMILES string of the molecule is CC(C)(Nc1cnc2ccccc2n1)c1nccs1. The molecule has 4 nitrogen and oxygen atoms in total. The maximum atomic E-state index is 4.57. The molecule has 0 aliphatic carbocycles. The van der Waals surface area contributed by atoms with Crippen LogP contribution in [0.25, 0.3) is 11.0 Å². The molecule has 0 saturated carbocycles. The van der Waals surface area contributed by atoms with E-state index in [1.165, 1.54) is 0 Å². The van der Waals surface area contributed by atoms with Crippen molar-refractivity contribution < 1.29 is 0 Å². The molecule has 2 aromatic heterocycles. The molecule has 3 aromatic rings. The Morgan fingerprint density at radius 1 is 1.11 bits per heavy atom. The van der Waals surface area contributed by atoms with Crippen molar-refractivity contribution in [3.8, 4) is 0 Å². The Labute approximate surface area is 115 Å². The summed E-state index contributed by atoms with van der Waals surface area (Å²) in [5.41, 5.74) is 1.54. The first kappa shape index (κ1) is 12.0. The highest BCUT2D eigenvalue weighted by Crippen LogP contribution is 2.26. The van der Waals surface area contributed by atoms with Gasteiger partial charge in [0.1, 0.15) is 10.8 Å². The van der Waals surface area contributed by atoms with Crippen molar-refractivity contribution in [2.45, 2.75) is 19.4 Å². The number of benzene rings is 1. The van der Waals surface area contributed by atoms with E-state index in [1.54, 1.807) is 17.5 Å². The predicted octanol–water partition coefficient (Wildman–Crippen LogP) is 3.43. The zero-order valence-corrected chi connectivity index (χ0v) is 11.6. The van der Waals surface area contributed by atoms with Crippen molar-refractivity contribution >= 4 is 28.2 Å². The zero-order chi connectivity index (χ0) is 13.3. The number of para-hydroxylation sites is 2. The Morgan fingerprint density at radius 3 is 2.63 bits per heavy atom. The Balaban J connectivity index is 1.93. The molecular weight excluding hydrogens is 256 g/mol. The molecule has 0 atom stereocenters. The monoisotopic (exact) mass is 270 g/mol. The first-order chi connectivity index (χ1) is 9.15. The van der Waals surface area contributed by atoms with Crippen molar-refractivity contribution in [2.75, 3.05) is 5.32 Å². The Hall–Kier alpha value is -2.01. The normalized spacial score (nSPS) is 11.7. The lowest BCUT2D eigenvalue weighted by Gasteiger charge is -2.24. The van der Waals surface area contributed by atoms with E-state index in [1.807, 2.05) is 35.8 Å². The van der Waals surface area contributed by atoms with Gasteiger partial charge in [-0.15, -0.1) is 11.3 Å². The van der Waals surface area contributed by atoms with Gasteiger partial charge in [0.15, 0.2) is 0 Å². The van der Waals surface area contributed by atoms with Gasteiger partial charge < -0.3 is 5.32 Å². The number of thiazole rings is 1. The molecule has 0 radical (unpaired) electrons. The van der Waals surface area contributed by atoms with Crippen LogP contribution in [-0.4, -0.2) is 15.0 Å². The summed E-state index contributed by atoms with van der Waals surface area (Å²) in [7, 11) is 0. The van der Waals surface area contributed by atoms with Gasteiger partial charge in [0.2, 0.25) is 0 Å². The fourth-order valence-electron chi connectivity index (χ4n) is 1.92. The minimum Gasteiger partial charge on any atom is -0.357 e. The van der Waals surface area contributed by atoms with Crippen LogP contribution in [0.3, 0.4) is 0 Å². The average molecular weight is 270 g/mol. The van der Waals surface area contributed by atoms with Gasteiger partial charge in [-0.25, -0.2) is 9.97 Å². The zero-order valence-electron chi connectivity index (χ0n) is 10.8. The lowest BCUT2D eigenvalue weighted by molar-refractivity contribution is 0.601. The van der Waals surface area contributed by atoms with Gasteiger partial charge in [0.05, 0.1) is 22.8 Å². The summed E-state index contributed by atoms with van der Waals surface area (Å²) in [4.78, 5) is 13.3. The van der Waals surface area contributed by atoms with E-state index in [-0.39, 0.29) is 5.54 Å². The molecule has 5 heteroatoms. The number of nitrogens with zero attached hydrogens (tertiary/aromatic N) is 3. The van der Waals surface area contributed by atoms with E-state index in [4.69, 9.17) is 0 Å². The number of rotatable bonds is 3. The highest BCUT2D eigenvalue weighted by atomic mass is 32.1. The summed E-state index contributed by atoms with van der Waals surface area (Å²) in [6, 6.07) is 7.85. The van der Waals surface area contributed by atoms with E-state index in [9.17, 15) is 0 Å². The lowest BCUT2D eigenvalue weighted by Crippen LogP contribution is -2.28. The molecule has 0 aliphatic rings. The Morgan fingerprint density at radius 2 is 1.89 bits per heavy atom. The molecule has 0 unspecified atom stereocenters. The van der Waals surface area contributed by atoms with Crippen LogP contribution in [0.1, 0.15) is 18.9 Å². The fraction of sp³-hybridized carbons (Fsp3) is 0.214. The van der Waals surface area contributed by atoms with Gasteiger partial charge >= 0.3 is 0 Å². The standard InChI is InChI=1S/C14H14N4S/c1-14(2,13-15-7-8-19-13)18-12-9-16-10-5-3-4-6-11(10)17-12/h3-9H,1-2H3,(H,17,18). The first-order valence-electron chi connectivity index (χ1n) is 6.05. The van der Waals surface area contributed by atoms with Gasteiger partial charge in [-0.1, -0.05) is 12.1 Å². The second-order valence-corrected chi connectivity index (χ2v) is 5.73. The molecule has 0 amide bonds. The summed E-state index contributed by atoms with van der Waals surface area (Å²) >= 11 is 1.63. The maximum Gasteiger partial charge on any atom is 0.146 e. The molecule has 0 saturated heterocycles. The number of hydrogen-bond donors (Lipinski definition) is 1. The van der Waals surface area contributed by atoms with E-state index in [2.05, 4.69) is 34.1 Å². The van der Waals surface area contributed by atoms with E-state index >= 15 is 0 Å². The van der Waals surface area contributed by atoms with Crippen molar-refractivity contribution in [3.05, 3.63) is 47.0 Å². The first-order valence-corrected chi connectivity index (χ1v) is 6.93. The van der Waals surface area contributed by atoms with Crippen molar-refractivity contribution in [1.29, 1.82) is 0 Å². The number of aromatic nitrogens is 3. The second-order valence-electron chi connectivity index (χ2n) is 4.83. The summed E-state index contributed by atoms with van der Waals surface area (Å²) in [5, 5.41) is 6.39. The van der Waals surface area contributed by atoms with Crippen LogP contribution >= 0.6 is 11.3 Å². The predicted molar refractivity (Wildman–Crippen MR) is 78.3 cm³/mol. The van der Waals surface area contributed by atoms with Crippen LogP contribution in [0.5, 0.6) is 0 Å². The van der Waals surface area contributed by atoms with E-state index in [0.29, 0.717) is 0 Å². The third-order valence-corrected chi connectivity index (χ3v) is 3.95. The lowest BCUT2D eigenvalue weighted by atomic mass is 10.1. The number of nitrogens with one attached hydrogen (secondary N) is 1. The molecule has 96 valence electrons. The van der Waals surface area contributed by atoms with E-state index < -0.39 is 0 Å². The molecule has 2 heterocycles. The summed E-state index contributed by atoms with van der Waals surface area (Å²) in [5.74, 6) is 0.763. The molecule has 1 aromatic carbocycles. The molecule has 1 N–H and O–H groups in total. The van der Waals surface area contributed by atoms with Crippen molar-refractivity contribution in [3.63, 3.8) is 0 Å². The molecule has 0 spiro atoms. The number of anilines is 1. The van der Waals surface area contributed by atoms with Crippen LogP contribution < -0.4 is 5.32 Å². The quantitative estimate of drug-likeness (QED) is 0.792. The second kappa shape index (κ2) is 4.59. The van der Waals surface area contributed by atoms with Crippen LogP contribution in [0.2, 0.25) is 0 Å². The van der Waals surface area contributed by atoms with Gasteiger partial charge in [-0.05, 0) is 26.0 Å². The number of hydrogen-bond acceptors (Lipinski definition) is 5. The molecule has 3 rings (SSSR count). The van der Waals surface area contributed by atoms with Crippen molar-refractivity contribution in [2.24, 2.45) is 0 Å². The average Bonchev–Trinajstić information content (AvgIpc) is 2.93. The largest absolute Gasteiger partial charge is 0.357 e. The highest BCUT2D eigenvalue weighted by molar-refractivity contribution is 7.09. The minimum absolute atomic E-state index is 0.259. The summed E-state index contributed by atoms with van der Waals surface area (Å²) in [6.07, 6.45) is 3.58. The van der Waals surface area contributed by atoms with Gasteiger partial charge in [-0.3, -0.25) is 4.98 Å². The highest BCUT2D eigenvalue weighted by Gasteiger charge is 2.23. The fourth-order valence-corrected chi connectivity index (χ4v) is 2.64. The van der Waals surface area contributed by atoms with Crippen LogP contribution in [0.15, 0.2) is 42.0 Å². The molecular formula is C14H14N4S. The topological polar surface area (TPSA) is 50.7 Å². The Bertz CT molecular complexity index is 691. The molecule has 0 fully saturated rings. The molecule has 0 aliphatic heterocycles. The number of fused-ring (bicyclic) bond motifs is 1. The van der Waals surface area contributed by atoms with Gasteiger partial charge in [0, 0.05) is 11.6 Å².